The molecule has 1 aliphatic carbocycles. The van der Waals surface area contributed by atoms with E-state index in [-0.39, 0.29) is 6.42 Å². The number of carbonyl (C=O) groups excluding carboxylic acids is 1. The number of methoxy groups -OCH3 is 1. The minimum absolute atomic E-state index is 0.00787. The molecule has 0 atom stereocenters. The van der Waals surface area contributed by atoms with Crippen LogP contribution in [0.3, 0.4) is 0 Å². The zero-order chi connectivity index (χ0) is 9.19. The van der Waals surface area contributed by atoms with E-state index in [1.807, 2.05) is 0 Å². The van der Waals surface area contributed by atoms with Gasteiger partial charge in [0.05, 0.1) is 12.7 Å². The first-order chi connectivity index (χ1) is 5.55. The molecule has 2 N–H and O–H groups in total. The molecule has 0 spiro atoms. The summed E-state index contributed by atoms with van der Waals surface area (Å²) in [7, 11) is 1.27. The van der Waals surface area contributed by atoms with Gasteiger partial charge in [-0.25, -0.2) is 4.79 Å². The highest BCUT2D eigenvalue weighted by molar-refractivity contribution is 5.91. The first kappa shape index (κ1) is 8.96. The third-order valence-electron chi connectivity index (χ3n) is 1.57. The van der Waals surface area contributed by atoms with Crippen molar-refractivity contribution < 1.29 is 19.7 Å². The first-order valence-electron chi connectivity index (χ1n) is 3.47. The molecular weight excluding hydrogens is 160 g/mol. The zero-order valence-electron chi connectivity index (χ0n) is 6.65. The van der Waals surface area contributed by atoms with Crippen molar-refractivity contribution in [3.05, 3.63) is 23.8 Å². The lowest BCUT2D eigenvalue weighted by atomic mass is 10.0. The van der Waals surface area contributed by atoms with Crippen molar-refractivity contribution >= 4 is 5.97 Å². The van der Waals surface area contributed by atoms with Crippen molar-refractivity contribution in [2.45, 2.75) is 12.2 Å². The molecule has 0 aromatic heterocycles. The Hall–Kier alpha value is -1.13. The molecule has 4 nitrogen and oxygen atoms in total. The molecule has 0 aromatic carbocycles. The van der Waals surface area contributed by atoms with Gasteiger partial charge in [0.1, 0.15) is 0 Å². The number of carbonyl (C=O) groups is 1. The maximum atomic E-state index is 10.9. The Morgan fingerprint density at radius 2 is 2.33 bits per heavy atom. The summed E-state index contributed by atoms with van der Waals surface area (Å²) in [6.45, 7) is 0. The Morgan fingerprint density at radius 3 is 2.75 bits per heavy atom. The van der Waals surface area contributed by atoms with Crippen LogP contribution in [-0.2, 0) is 9.53 Å². The molecule has 12 heavy (non-hydrogen) atoms. The topological polar surface area (TPSA) is 66.8 Å². The van der Waals surface area contributed by atoms with Crippen molar-refractivity contribution in [1.29, 1.82) is 0 Å². The van der Waals surface area contributed by atoms with Crippen LogP contribution in [0, 0.1) is 0 Å². The maximum absolute atomic E-state index is 10.9. The van der Waals surface area contributed by atoms with Gasteiger partial charge in [0.2, 0.25) is 0 Å². The summed E-state index contributed by atoms with van der Waals surface area (Å²) >= 11 is 0. The molecule has 0 saturated carbocycles. The van der Waals surface area contributed by atoms with E-state index in [0.29, 0.717) is 5.57 Å². The molecule has 66 valence electrons. The molecule has 0 aliphatic heterocycles. The van der Waals surface area contributed by atoms with Crippen molar-refractivity contribution in [2.75, 3.05) is 7.11 Å². The number of hydrogen-bond donors (Lipinski definition) is 2. The van der Waals surface area contributed by atoms with Crippen LogP contribution in [0.2, 0.25) is 0 Å². The Morgan fingerprint density at radius 1 is 1.67 bits per heavy atom. The highest BCUT2D eigenvalue weighted by atomic mass is 16.5. The summed E-state index contributed by atoms with van der Waals surface area (Å²) in [5, 5.41) is 18.0. The Kier molecular flexibility index (Phi) is 2.30. The molecule has 1 rings (SSSR count). The van der Waals surface area contributed by atoms with Gasteiger partial charge in [-0.1, -0.05) is 6.08 Å². The molecule has 0 heterocycles. The molecule has 0 unspecified atom stereocenters. The molecule has 0 saturated heterocycles. The number of hydrogen-bond acceptors (Lipinski definition) is 4. The Balaban J connectivity index is 2.71. The lowest BCUT2D eigenvalue weighted by molar-refractivity contribution is -0.136. The fourth-order valence-corrected chi connectivity index (χ4v) is 0.889. The number of rotatable bonds is 1. The predicted molar refractivity (Wildman–Crippen MR) is 41.0 cm³/mol. The largest absolute Gasteiger partial charge is 0.465 e. The van der Waals surface area contributed by atoms with Crippen molar-refractivity contribution in [2.24, 2.45) is 0 Å². The second-order valence-corrected chi connectivity index (χ2v) is 2.57. The van der Waals surface area contributed by atoms with Gasteiger partial charge in [0, 0.05) is 6.42 Å². The predicted octanol–water partition coefficient (Wildman–Crippen LogP) is -0.273. The molecule has 0 aromatic rings. The fourth-order valence-electron chi connectivity index (χ4n) is 0.889. The summed E-state index contributed by atoms with van der Waals surface area (Å²) in [5.74, 6) is -2.29. The van der Waals surface area contributed by atoms with Gasteiger partial charge in [0.25, 0.3) is 0 Å². The smallest absolute Gasteiger partial charge is 0.337 e. The van der Waals surface area contributed by atoms with Crippen LogP contribution in [0.15, 0.2) is 23.8 Å². The second kappa shape index (κ2) is 3.08. The minimum atomic E-state index is -1.82. The van der Waals surface area contributed by atoms with E-state index >= 15 is 0 Å². The van der Waals surface area contributed by atoms with Crippen LogP contribution < -0.4 is 0 Å². The third-order valence-corrected chi connectivity index (χ3v) is 1.57. The summed E-state index contributed by atoms with van der Waals surface area (Å²) in [5.41, 5.74) is 0.344. The summed E-state index contributed by atoms with van der Waals surface area (Å²) < 4.78 is 4.44. The second-order valence-electron chi connectivity index (χ2n) is 2.57. The molecule has 0 bridgehead atoms. The van der Waals surface area contributed by atoms with Crippen molar-refractivity contribution in [3.63, 3.8) is 0 Å². The first-order valence-corrected chi connectivity index (χ1v) is 3.47. The SMILES string of the molecule is COC(=O)C1=CCC(O)(O)C=C1. The van der Waals surface area contributed by atoms with Crippen LogP contribution in [0.5, 0.6) is 0 Å². The Bertz CT molecular complexity index is 250. The van der Waals surface area contributed by atoms with Gasteiger partial charge in [-0.15, -0.1) is 0 Å². The lowest BCUT2D eigenvalue weighted by Crippen LogP contribution is -2.26. The number of esters is 1. The fraction of sp³-hybridized carbons (Fsp3) is 0.375. The van der Waals surface area contributed by atoms with Crippen molar-refractivity contribution in [1.82, 2.24) is 0 Å². The van der Waals surface area contributed by atoms with Gasteiger partial charge in [-0.2, -0.15) is 0 Å². The monoisotopic (exact) mass is 170 g/mol. The quantitative estimate of drug-likeness (QED) is 0.420. The Labute approximate surface area is 69.8 Å². The molecule has 0 radical (unpaired) electrons. The molecular formula is C8H10O4. The van der Waals surface area contributed by atoms with Gasteiger partial charge in [-0.3, -0.25) is 0 Å². The molecule has 4 heteroatoms. The van der Waals surface area contributed by atoms with Gasteiger partial charge >= 0.3 is 5.97 Å². The van der Waals surface area contributed by atoms with Crippen LogP contribution in [-0.4, -0.2) is 29.1 Å². The molecule has 0 fully saturated rings. The summed E-state index contributed by atoms with van der Waals surface area (Å²) in [6.07, 6.45) is 3.91. The normalized spacial score (nSPS) is 20.1. The van der Waals surface area contributed by atoms with E-state index < -0.39 is 11.8 Å². The van der Waals surface area contributed by atoms with Crippen LogP contribution in [0.4, 0.5) is 0 Å². The maximum Gasteiger partial charge on any atom is 0.337 e. The zero-order valence-corrected chi connectivity index (χ0v) is 6.65. The molecule has 0 amide bonds. The van der Waals surface area contributed by atoms with Crippen LogP contribution in [0.25, 0.3) is 0 Å². The average Bonchev–Trinajstić information content (AvgIpc) is 2.03. The standard InChI is InChI=1S/C8H10O4/c1-12-7(9)6-2-4-8(10,11)5-3-6/h2-4,10-11H,5H2,1H3. The average molecular weight is 170 g/mol. The summed E-state index contributed by atoms with van der Waals surface area (Å²) in [4.78, 5) is 10.9. The van der Waals surface area contributed by atoms with E-state index in [1.165, 1.54) is 19.3 Å². The number of ether oxygens (including phenoxy) is 1. The van der Waals surface area contributed by atoms with Crippen molar-refractivity contribution in [3.8, 4) is 0 Å². The van der Waals surface area contributed by atoms with E-state index in [1.54, 1.807) is 0 Å². The van der Waals surface area contributed by atoms with E-state index in [4.69, 9.17) is 10.2 Å². The molecule has 1 aliphatic rings. The minimum Gasteiger partial charge on any atom is -0.465 e. The van der Waals surface area contributed by atoms with Crippen LogP contribution >= 0.6 is 0 Å². The lowest BCUT2D eigenvalue weighted by Gasteiger charge is -2.18. The summed E-state index contributed by atoms with van der Waals surface area (Å²) in [6, 6.07) is 0. The highest BCUT2D eigenvalue weighted by Gasteiger charge is 2.22. The highest BCUT2D eigenvalue weighted by Crippen LogP contribution is 2.18. The third kappa shape index (κ3) is 1.93. The van der Waals surface area contributed by atoms with Gasteiger partial charge in [0.15, 0.2) is 5.79 Å². The van der Waals surface area contributed by atoms with E-state index in [2.05, 4.69) is 4.74 Å². The number of aliphatic hydroxyl groups is 2. The van der Waals surface area contributed by atoms with Crippen LogP contribution in [0.1, 0.15) is 6.42 Å². The van der Waals surface area contributed by atoms with Gasteiger partial charge in [-0.05, 0) is 12.2 Å². The van der Waals surface area contributed by atoms with E-state index in [9.17, 15) is 4.79 Å². The van der Waals surface area contributed by atoms with Gasteiger partial charge < -0.3 is 14.9 Å². The van der Waals surface area contributed by atoms with E-state index in [0.717, 1.165) is 6.08 Å².